The molecule has 0 fully saturated rings. The lowest BCUT2D eigenvalue weighted by Gasteiger charge is -2.19. The summed E-state index contributed by atoms with van der Waals surface area (Å²) in [6.07, 6.45) is -4.35. The van der Waals surface area contributed by atoms with E-state index < -0.39 is 24.6 Å². The van der Waals surface area contributed by atoms with Gasteiger partial charge in [0, 0.05) is 0 Å². The van der Waals surface area contributed by atoms with Crippen molar-refractivity contribution in [2.24, 2.45) is 0 Å². The Balaban J connectivity index is 2.68. The van der Waals surface area contributed by atoms with E-state index in [0.29, 0.717) is 12.1 Å². The van der Waals surface area contributed by atoms with Crippen LogP contribution in [0.5, 0.6) is 0 Å². The molecular formula is C12H14BrF4NO. The van der Waals surface area contributed by atoms with Crippen LogP contribution in [0.25, 0.3) is 0 Å². The molecule has 1 aromatic rings. The number of rotatable bonds is 6. The summed E-state index contributed by atoms with van der Waals surface area (Å²) in [6.45, 7) is 0.965. The molecule has 1 unspecified atom stereocenters. The molecule has 0 radical (unpaired) electrons. The Labute approximate surface area is 117 Å². The molecule has 1 atom stereocenters. The minimum atomic E-state index is -4.35. The second-order valence-electron chi connectivity index (χ2n) is 3.91. The van der Waals surface area contributed by atoms with Crippen molar-refractivity contribution < 1.29 is 22.3 Å². The van der Waals surface area contributed by atoms with Crippen molar-refractivity contribution in [3.05, 3.63) is 34.1 Å². The van der Waals surface area contributed by atoms with Crippen LogP contribution < -0.4 is 5.32 Å². The van der Waals surface area contributed by atoms with Gasteiger partial charge in [-0.1, -0.05) is 13.0 Å². The molecule has 7 heteroatoms. The van der Waals surface area contributed by atoms with Gasteiger partial charge in [0.25, 0.3) is 0 Å². The van der Waals surface area contributed by atoms with E-state index in [4.69, 9.17) is 0 Å². The number of likely N-dealkylation sites (N-methyl/N-ethyl adjacent to an activating group) is 1. The summed E-state index contributed by atoms with van der Waals surface area (Å²) in [5.74, 6) is -0.421. The van der Waals surface area contributed by atoms with E-state index in [1.165, 1.54) is 18.2 Å². The van der Waals surface area contributed by atoms with Gasteiger partial charge in [-0.05, 0) is 40.2 Å². The topological polar surface area (TPSA) is 21.3 Å². The fraction of sp³-hybridized carbons (Fsp3) is 0.500. The zero-order valence-electron chi connectivity index (χ0n) is 10.2. The number of alkyl halides is 3. The molecule has 0 aliphatic carbocycles. The van der Waals surface area contributed by atoms with Crippen molar-refractivity contribution in [1.29, 1.82) is 0 Å². The maximum absolute atomic E-state index is 13.1. The smallest absolute Gasteiger partial charge is 0.370 e. The highest BCUT2D eigenvalue weighted by molar-refractivity contribution is 9.10. The average molecular weight is 344 g/mol. The van der Waals surface area contributed by atoms with Crippen molar-refractivity contribution in [2.45, 2.75) is 19.1 Å². The van der Waals surface area contributed by atoms with Gasteiger partial charge in [0.2, 0.25) is 0 Å². The number of hydrogen-bond acceptors (Lipinski definition) is 2. The fourth-order valence-corrected chi connectivity index (χ4v) is 1.94. The van der Waals surface area contributed by atoms with Gasteiger partial charge < -0.3 is 10.1 Å². The van der Waals surface area contributed by atoms with Crippen LogP contribution in [0.15, 0.2) is 22.7 Å². The van der Waals surface area contributed by atoms with Crippen molar-refractivity contribution in [2.75, 3.05) is 19.8 Å². The number of ether oxygens (including phenoxy) is 1. The van der Waals surface area contributed by atoms with E-state index in [2.05, 4.69) is 26.0 Å². The Hall–Kier alpha value is -0.660. The monoisotopic (exact) mass is 343 g/mol. The number of halogens is 5. The van der Waals surface area contributed by atoms with Crippen LogP contribution in [-0.2, 0) is 4.74 Å². The van der Waals surface area contributed by atoms with Crippen molar-refractivity contribution in [3.63, 3.8) is 0 Å². The second-order valence-corrected chi connectivity index (χ2v) is 4.77. The highest BCUT2D eigenvalue weighted by Gasteiger charge is 2.28. The van der Waals surface area contributed by atoms with Gasteiger partial charge in [-0.25, -0.2) is 4.39 Å². The maximum atomic E-state index is 13.1. The minimum absolute atomic E-state index is 0.134. The summed E-state index contributed by atoms with van der Waals surface area (Å²) in [5.41, 5.74) is 0.664. The van der Waals surface area contributed by atoms with Crippen molar-refractivity contribution >= 4 is 15.9 Å². The predicted molar refractivity (Wildman–Crippen MR) is 67.4 cm³/mol. The van der Waals surface area contributed by atoms with Gasteiger partial charge in [0.1, 0.15) is 12.4 Å². The summed E-state index contributed by atoms with van der Waals surface area (Å²) >= 11 is 3.04. The molecule has 1 N–H and O–H groups in total. The molecule has 0 bridgehead atoms. The number of nitrogens with one attached hydrogen (secondary N) is 1. The molecule has 0 aromatic heterocycles. The summed E-state index contributed by atoms with van der Waals surface area (Å²) < 4.78 is 54.0. The van der Waals surface area contributed by atoms with E-state index in [-0.39, 0.29) is 11.1 Å². The normalized spacial score (nSPS) is 13.6. The SMILES string of the molecule is CCNC(COCC(F)(F)F)c1ccc(F)c(Br)c1. The molecule has 0 heterocycles. The third kappa shape index (κ3) is 5.88. The Kier molecular flexibility index (Phi) is 6.22. The zero-order chi connectivity index (χ0) is 14.5. The summed E-state index contributed by atoms with van der Waals surface area (Å²) in [5, 5.41) is 3.00. The van der Waals surface area contributed by atoms with E-state index in [1.807, 2.05) is 6.92 Å². The molecular weight excluding hydrogens is 330 g/mol. The molecule has 1 rings (SSSR count). The predicted octanol–water partition coefficient (Wildman–Crippen LogP) is 3.82. The molecule has 108 valence electrons. The standard InChI is InChI=1S/C12H14BrF4NO/c1-2-18-11(6-19-7-12(15,16)17)8-3-4-10(14)9(13)5-8/h3-5,11,18H,2,6-7H2,1H3. The molecule has 0 amide bonds. The van der Waals surface area contributed by atoms with Gasteiger partial charge in [0.05, 0.1) is 17.1 Å². The van der Waals surface area contributed by atoms with E-state index in [1.54, 1.807) is 0 Å². The van der Waals surface area contributed by atoms with Crippen LogP contribution in [0.1, 0.15) is 18.5 Å². The summed E-state index contributed by atoms with van der Waals surface area (Å²) in [7, 11) is 0. The highest BCUT2D eigenvalue weighted by Crippen LogP contribution is 2.22. The first-order chi connectivity index (χ1) is 8.83. The third-order valence-corrected chi connectivity index (χ3v) is 2.95. The van der Waals surface area contributed by atoms with Crippen molar-refractivity contribution in [1.82, 2.24) is 5.32 Å². The van der Waals surface area contributed by atoms with Crippen LogP contribution >= 0.6 is 15.9 Å². The first kappa shape index (κ1) is 16.4. The molecule has 0 spiro atoms. The molecule has 0 saturated carbocycles. The summed E-state index contributed by atoms with van der Waals surface area (Å²) in [6, 6.07) is 3.89. The summed E-state index contributed by atoms with van der Waals surface area (Å²) in [4.78, 5) is 0. The van der Waals surface area contributed by atoms with Gasteiger partial charge in [-0.2, -0.15) is 13.2 Å². The minimum Gasteiger partial charge on any atom is -0.370 e. The molecule has 19 heavy (non-hydrogen) atoms. The Morgan fingerprint density at radius 3 is 2.58 bits per heavy atom. The Morgan fingerprint density at radius 1 is 1.37 bits per heavy atom. The largest absolute Gasteiger partial charge is 0.411 e. The van der Waals surface area contributed by atoms with Gasteiger partial charge >= 0.3 is 6.18 Å². The zero-order valence-corrected chi connectivity index (χ0v) is 11.8. The third-order valence-electron chi connectivity index (χ3n) is 2.35. The van der Waals surface area contributed by atoms with Gasteiger partial charge in [-0.3, -0.25) is 0 Å². The number of hydrogen-bond donors (Lipinski definition) is 1. The first-order valence-electron chi connectivity index (χ1n) is 5.66. The van der Waals surface area contributed by atoms with Crippen LogP contribution in [-0.4, -0.2) is 25.9 Å². The first-order valence-corrected chi connectivity index (χ1v) is 6.45. The Bertz CT molecular complexity index is 411. The van der Waals surface area contributed by atoms with E-state index >= 15 is 0 Å². The van der Waals surface area contributed by atoms with Crippen LogP contribution in [0, 0.1) is 5.82 Å². The second kappa shape index (κ2) is 7.21. The molecule has 0 aliphatic heterocycles. The lowest BCUT2D eigenvalue weighted by atomic mass is 10.1. The van der Waals surface area contributed by atoms with Crippen LogP contribution in [0.3, 0.4) is 0 Å². The number of benzene rings is 1. The Morgan fingerprint density at radius 2 is 2.05 bits per heavy atom. The van der Waals surface area contributed by atoms with E-state index in [0.717, 1.165) is 0 Å². The van der Waals surface area contributed by atoms with Gasteiger partial charge in [-0.15, -0.1) is 0 Å². The lowest BCUT2D eigenvalue weighted by Crippen LogP contribution is -2.28. The van der Waals surface area contributed by atoms with E-state index in [9.17, 15) is 17.6 Å². The quantitative estimate of drug-likeness (QED) is 0.793. The molecule has 1 aromatic carbocycles. The lowest BCUT2D eigenvalue weighted by molar-refractivity contribution is -0.175. The fourth-order valence-electron chi connectivity index (χ4n) is 1.54. The highest BCUT2D eigenvalue weighted by atomic mass is 79.9. The molecule has 0 saturated heterocycles. The maximum Gasteiger partial charge on any atom is 0.411 e. The van der Waals surface area contributed by atoms with Crippen molar-refractivity contribution in [3.8, 4) is 0 Å². The van der Waals surface area contributed by atoms with Crippen LogP contribution in [0.4, 0.5) is 17.6 Å². The van der Waals surface area contributed by atoms with Crippen LogP contribution in [0.2, 0.25) is 0 Å². The van der Waals surface area contributed by atoms with Gasteiger partial charge in [0.15, 0.2) is 0 Å². The molecule has 0 aliphatic rings. The molecule has 2 nitrogen and oxygen atoms in total. The average Bonchev–Trinajstić information content (AvgIpc) is 2.30.